The van der Waals surface area contributed by atoms with Crippen molar-refractivity contribution in [3.8, 4) is 11.3 Å². The summed E-state index contributed by atoms with van der Waals surface area (Å²) in [5, 5.41) is 4.25. The second-order valence-corrected chi connectivity index (χ2v) is 4.07. The number of rotatable bonds is 2. The number of nitrogens with zero attached hydrogens (tertiary/aromatic N) is 3. The minimum Gasteiger partial charge on any atom is -0.325 e. The largest absolute Gasteiger partial charge is 0.325 e. The van der Waals surface area contributed by atoms with Gasteiger partial charge in [0, 0.05) is 12.1 Å². The first-order valence-corrected chi connectivity index (χ1v) is 5.68. The van der Waals surface area contributed by atoms with Gasteiger partial charge in [-0.15, -0.1) is 0 Å². The van der Waals surface area contributed by atoms with E-state index >= 15 is 0 Å². The van der Waals surface area contributed by atoms with Crippen LogP contribution in [-0.4, -0.2) is 14.6 Å². The Kier molecular flexibility index (Phi) is 2.72. The van der Waals surface area contributed by atoms with Crippen LogP contribution < -0.4 is 5.73 Å². The van der Waals surface area contributed by atoms with Crippen LogP contribution in [0.2, 0.25) is 0 Å². The number of hydrogen-bond acceptors (Lipinski definition) is 3. The maximum atomic E-state index is 13.7. The predicted molar refractivity (Wildman–Crippen MR) is 66.2 cm³/mol. The highest BCUT2D eigenvalue weighted by Crippen LogP contribution is 2.22. The molecule has 2 N–H and O–H groups in total. The molecule has 3 aromatic rings. The third kappa shape index (κ3) is 1.96. The lowest BCUT2D eigenvalue weighted by Crippen LogP contribution is -2.04. The van der Waals surface area contributed by atoms with Crippen molar-refractivity contribution in [2.45, 2.75) is 6.54 Å². The molecule has 0 aliphatic heterocycles. The minimum atomic E-state index is -0.525. The van der Waals surface area contributed by atoms with E-state index in [-0.39, 0.29) is 12.1 Å². The fourth-order valence-electron chi connectivity index (χ4n) is 1.90. The van der Waals surface area contributed by atoms with Crippen molar-refractivity contribution in [3.63, 3.8) is 0 Å². The molecule has 0 aliphatic rings. The third-order valence-electron chi connectivity index (χ3n) is 2.85. The maximum absolute atomic E-state index is 13.7. The van der Waals surface area contributed by atoms with E-state index in [2.05, 4.69) is 10.1 Å². The van der Waals surface area contributed by atoms with E-state index in [1.54, 1.807) is 18.3 Å². The van der Waals surface area contributed by atoms with Gasteiger partial charge in [0.1, 0.15) is 11.6 Å². The highest BCUT2D eigenvalue weighted by molar-refractivity contribution is 5.61. The summed E-state index contributed by atoms with van der Waals surface area (Å²) in [6.07, 6.45) is 1.61. The molecule has 2 heterocycles. The second kappa shape index (κ2) is 4.40. The summed E-state index contributed by atoms with van der Waals surface area (Å²) in [5.41, 5.74) is 7.32. The molecular weight excluding hydrogens is 250 g/mol. The molecule has 0 saturated carbocycles. The molecule has 0 unspecified atom stereocenters. The van der Waals surface area contributed by atoms with E-state index in [0.29, 0.717) is 17.0 Å². The van der Waals surface area contributed by atoms with Crippen molar-refractivity contribution in [2.24, 2.45) is 5.73 Å². The molecule has 0 aliphatic carbocycles. The molecule has 4 nitrogen and oxygen atoms in total. The van der Waals surface area contributed by atoms with Crippen LogP contribution in [0.25, 0.3) is 16.9 Å². The van der Waals surface area contributed by atoms with E-state index in [1.807, 2.05) is 0 Å². The Morgan fingerprint density at radius 3 is 2.79 bits per heavy atom. The zero-order chi connectivity index (χ0) is 13.4. The molecule has 0 radical (unpaired) electrons. The maximum Gasteiger partial charge on any atom is 0.153 e. The van der Waals surface area contributed by atoms with E-state index in [4.69, 9.17) is 5.73 Å². The van der Waals surface area contributed by atoms with Crippen LogP contribution in [-0.2, 0) is 6.54 Å². The van der Waals surface area contributed by atoms with E-state index in [1.165, 1.54) is 4.52 Å². The molecule has 0 bridgehead atoms. The van der Waals surface area contributed by atoms with Crippen LogP contribution in [0.4, 0.5) is 8.78 Å². The van der Waals surface area contributed by atoms with Crippen LogP contribution >= 0.6 is 0 Å². The summed E-state index contributed by atoms with van der Waals surface area (Å²) in [7, 11) is 0. The van der Waals surface area contributed by atoms with Gasteiger partial charge >= 0.3 is 0 Å². The number of nitrogens with two attached hydrogens (primary N) is 1. The number of imidazole rings is 1. The SMILES string of the molecule is NCc1cnc2ccc(-c3cc(F)ccc3F)nn12. The number of benzene rings is 1. The number of halogens is 2. The summed E-state index contributed by atoms with van der Waals surface area (Å²) >= 11 is 0. The molecule has 6 heteroatoms. The smallest absolute Gasteiger partial charge is 0.153 e. The van der Waals surface area contributed by atoms with Crippen LogP contribution in [0.3, 0.4) is 0 Å². The van der Waals surface area contributed by atoms with Crippen molar-refractivity contribution in [1.29, 1.82) is 0 Å². The molecule has 1 aromatic carbocycles. The lowest BCUT2D eigenvalue weighted by Gasteiger charge is -2.04. The van der Waals surface area contributed by atoms with Gasteiger partial charge in [-0.1, -0.05) is 0 Å². The number of aromatic nitrogens is 3. The summed E-state index contributed by atoms with van der Waals surface area (Å²) in [4.78, 5) is 4.12. The van der Waals surface area contributed by atoms with Crippen molar-refractivity contribution < 1.29 is 8.78 Å². The van der Waals surface area contributed by atoms with E-state index in [0.717, 1.165) is 18.2 Å². The zero-order valence-corrected chi connectivity index (χ0v) is 9.85. The highest BCUT2D eigenvalue weighted by atomic mass is 19.1. The lowest BCUT2D eigenvalue weighted by molar-refractivity contribution is 0.602. The normalized spacial score (nSPS) is 11.1. The Labute approximate surface area is 107 Å². The van der Waals surface area contributed by atoms with Gasteiger partial charge in [0.25, 0.3) is 0 Å². The first-order chi connectivity index (χ1) is 9.19. The van der Waals surface area contributed by atoms with Crippen molar-refractivity contribution >= 4 is 5.65 Å². The summed E-state index contributed by atoms with van der Waals surface area (Å²) in [6, 6.07) is 6.54. The summed E-state index contributed by atoms with van der Waals surface area (Å²) < 4.78 is 28.4. The van der Waals surface area contributed by atoms with Crippen LogP contribution in [0.1, 0.15) is 5.69 Å². The second-order valence-electron chi connectivity index (χ2n) is 4.07. The average Bonchev–Trinajstić information content (AvgIpc) is 2.83. The molecule has 0 saturated heterocycles. The predicted octanol–water partition coefficient (Wildman–Crippen LogP) is 2.13. The third-order valence-corrected chi connectivity index (χ3v) is 2.85. The fourth-order valence-corrected chi connectivity index (χ4v) is 1.90. The molecule has 0 amide bonds. The van der Waals surface area contributed by atoms with Gasteiger partial charge in [-0.25, -0.2) is 18.3 Å². The summed E-state index contributed by atoms with van der Waals surface area (Å²) in [6.45, 7) is 0.267. The topological polar surface area (TPSA) is 56.2 Å². The van der Waals surface area contributed by atoms with Crippen molar-refractivity contribution in [2.75, 3.05) is 0 Å². The Bertz CT molecular complexity index is 751. The average molecular weight is 260 g/mol. The van der Waals surface area contributed by atoms with E-state index < -0.39 is 11.6 Å². The number of hydrogen-bond donors (Lipinski definition) is 1. The minimum absolute atomic E-state index is 0.110. The van der Waals surface area contributed by atoms with Gasteiger partial charge in [0.2, 0.25) is 0 Å². The van der Waals surface area contributed by atoms with Gasteiger partial charge in [-0.3, -0.25) is 0 Å². The monoisotopic (exact) mass is 260 g/mol. The molecule has 2 aromatic heterocycles. The number of fused-ring (bicyclic) bond motifs is 1. The molecule has 0 spiro atoms. The van der Waals surface area contributed by atoms with Gasteiger partial charge in [0.05, 0.1) is 17.6 Å². The Hall–Kier alpha value is -2.34. The van der Waals surface area contributed by atoms with Crippen LogP contribution in [0.5, 0.6) is 0 Å². The van der Waals surface area contributed by atoms with Crippen LogP contribution in [0.15, 0.2) is 36.5 Å². The zero-order valence-electron chi connectivity index (χ0n) is 9.85. The first kappa shape index (κ1) is 11.7. The Balaban J connectivity index is 2.22. The van der Waals surface area contributed by atoms with E-state index in [9.17, 15) is 8.78 Å². The molecule has 19 heavy (non-hydrogen) atoms. The first-order valence-electron chi connectivity index (χ1n) is 5.68. The highest BCUT2D eigenvalue weighted by Gasteiger charge is 2.10. The molecule has 3 rings (SSSR count). The molecule has 0 fully saturated rings. The lowest BCUT2D eigenvalue weighted by atomic mass is 10.1. The molecule has 96 valence electrons. The van der Waals surface area contributed by atoms with Gasteiger partial charge in [-0.05, 0) is 30.3 Å². The van der Waals surface area contributed by atoms with Crippen molar-refractivity contribution in [3.05, 3.63) is 53.9 Å². The van der Waals surface area contributed by atoms with Gasteiger partial charge < -0.3 is 5.73 Å². The Morgan fingerprint density at radius 2 is 2.00 bits per heavy atom. The van der Waals surface area contributed by atoms with Gasteiger partial charge in [0.15, 0.2) is 5.65 Å². The van der Waals surface area contributed by atoms with Crippen molar-refractivity contribution in [1.82, 2.24) is 14.6 Å². The Morgan fingerprint density at radius 1 is 1.16 bits per heavy atom. The van der Waals surface area contributed by atoms with Crippen LogP contribution in [0, 0.1) is 11.6 Å². The standard InChI is InChI=1S/C13H10F2N4/c14-8-1-2-11(15)10(5-8)12-3-4-13-17-7-9(6-16)19(13)18-12/h1-5,7H,6,16H2. The molecule has 0 atom stereocenters. The van der Waals surface area contributed by atoms with Gasteiger partial charge in [-0.2, -0.15) is 5.10 Å². The fraction of sp³-hybridized carbons (Fsp3) is 0.0769. The molecular formula is C13H10F2N4. The quantitative estimate of drug-likeness (QED) is 0.768. The summed E-state index contributed by atoms with van der Waals surface area (Å²) in [5.74, 6) is -1.04.